The van der Waals surface area contributed by atoms with Crippen molar-refractivity contribution >= 4 is 22.4 Å². The van der Waals surface area contributed by atoms with Crippen LogP contribution >= 0.6 is 11.5 Å². The number of methoxy groups -OCH3 is 2. The summed E-state index contributed by atoms with van der Waals surface area (Å²) in [6, 6.07) is 5.72. The molecule has 0 aliphatic heterocycles. The lowest BCUT2D eigenvalue weighted by molar-refractivity contribution is 0.394. The van der Waals surface area contributed by atoms with Crippen molar-refractivity contribution in [2.75, 3.05) is 37.9 Å². The molecule has 0 unspecified atom stereocenters. The van der Waals surface area contributed by atoms with Crippen molar-refractivity contribution in [3.05, 3.63) is 24.0 Å². The molecule has 2 N–H and O–H groups in total. The normalized spacial score (nSPS) is 11.2. The molecule has 6 nitrogen and oxygen atoms in total. The lowest BCUT2D eigenvalue weighted by atomic mass is 9.96. The second kappa shape index (κ2) is 7.50. The number of benzene rings is 1. The molecule has 2 rings (SSSR count). The molecular formula is C16H24N4O2S. The van der Waals surface area contributed by atoms with Gasteiger partial charge in [0.1, 0.15) is 17.3 Å². The number of hydrogen-bond acceptors (Lipinski definition) is 7. The molecule has 1 heterocycles. The first-order valence-corrected chi connectivity index (χ1v) is 8.24. The van der Waals surface area contributed by atoms with Crippen LogP contribution in [0.4, 0.5) is 10.8 Å². The maximum absolute atomic E-state index is 5.26. The first-order valence-electron chi connectivity index (χ1n) is 7.47. The average Bonchev–Trinajstić information content (AvgIpc) is 3.00. The first-order chi connectivity index (χ1) is 10.9. The second-order valence-electron chi connectivity index (χ2n) is 6.13. The molecule has 0 saturated heterocycles. The highest BCUT2D eigenvalue weighted by molar-refractivity contribution is 7.09. The minimum Gasteiger partial charge on any atom is -0.497 e. The van der Waals surface area contributed by atoms with E-state index < -0.39 is 0 Å². The fourth-order valence-electron chi connectivity index (χ4n) is 1.89. The van der Waals surface area contributed by atoms with Crippen LogP contribution in [0.3, 0.4) is 0 Å². The summed E-state index contributed by atoms with van der Waals surface area (Å²) in [7, 11) is 3.28. The highest BCUT2D eigenvalue weighted by Crippen LogP contribution is 2.26. The Hall–Kier alpha value is -2.02. The van der Waals surface area contributed by atoms with Crippen molar-refractivity contribution in [3.63, 3.8) is 0 Å². The van der Waals surface area contributed by atoms with Crippen LogP contribution in [-0.4, -0.2) is 36.7 Å². The van der Waals surface area contributed by atoms with Gasteiger partial charge in [-0.25, -0.2) is 4.98 Å². The van der Waals surface area contributed by atoms with Crippen molar-refractivity contribution in [2.24, 2.45) is 0 Å². The zero-order valence-electron chi connectivity index (χ0n) is 14.3. The van der Waals surface area contributed by atoms with E-state index in [2.05, 4.69) is 40.8 Å². The van der Waals surface area contributed by atoms with Crippen LogP contribution in [-0.2, 0) is 5.41 Å². The molecule has 0 aliphatic carbocycles. The molecule has 0 saturated carbocycles. The SMILES string of the molecule is COc1cc(NCCNc2nc(C(C)(C)C)ns2)cc(OC)c1. The van der Waals surface area contributed by atoms with E-state index in [0.717, 1.165) is 41.2 Å². The third-order valence-electron chi connectivity index (χ3n) is 3.18. The Morgan fingerprint density at radius 1 is 1.00 bits per heavy atom. The van der Waals surface area contributed by atoms with Gasteiger partial charge in [-0.15, -0.1) is 0 Å². The molecule has 0 aliphatic rings. The lowest BCUT2D eigenvalue weighted by Crippen LogP contribution is -2.15. The summed E-state index contributed by atoms with van der Waals surface area (Å²) in [5.74, 6) is 2.40. The lowest BCUT2D eigenvalue weighted by Gasteiger charge is -2.12. The van der Waals surface area contributed by atoms with Crippen LogP contribution in [0.5, 0.6) is 11.5 Å². The largest absolute Gasteiger partial charge is 0.497 e. The predicted octanol–water partition coefficient (Wildman–Crippen LogP) is 3.38. The monoisotopic (exact) mass is 336 g/mol. The molecule has 2 aromatic rings. The van der Waals surface area contributed by atoms with Gasteiger partial charge in [0.25, 0.3) is 0 Å². The molecule has 7 heteroatoms. The Morgan fingerprint density at radius 3 is 2.13 bits per heavy atom. The van der Waals surface area contributed by atoms with Gasteiger partial charge in [0.05, 0.1) is 14.2 Å². The van der Waals surface area contributed by atoms with E-state index in [9.17, 15) is 0 Å². The molecule has 0 spiro atoms. The molecular weight excluding hydrogens is 312 g/mol. The van der Waals surface area contributed by atoms with E-state index in [1.807, 2.05) is 18.2 Å². The fraction of sp³-hybridized carbons (Fsp3) is 0.500. The third kappa shape index (κ3) is 4.99. The molecule has 0 radical (unpaired) electrons. The zero-order chi connectivity index (χ0) is 16.9. The molecule has 0 fully saturated rings. The Labute approximate surface area is 141 Å². The molecule has 23 heavy (non-hydrogen) atoms. The van der Waals surface area contributed by atoms with Crippen molar-refractivity contribution < 1.29 is 9.47 Å². The maximum Gasteiger partial charge on any atom is 0.202 e. The maximum atomic E-state index is 5.26. The smallest absolute Gasteiger partial charge is 0.202 e. The van der Waals surface area contributed by atoms with Crippen molar-refractivity contribution in [3.8, 4) is 11.5 Å². The molecule has 1 aromatic heterocycles. The van der Waals surface area contributed by atoms with E-state index in [1.165, 1.54) is 11.5 Å². The van der Waals surface area contributed by atoms with Gasteiger partial charge in [0, 0.05) is 53.9 Å². The van der Waals surface area contributed by atoms with Gasteiger partial charge in [0.2, 0.25) is 5.13 Å². The Bertz CT molecular complexity index is 615. The van der Waals surface area contributed by atoms with Gasteiger partial charge in [0.15, 0.2) is 0 Å². The highest BCUT2D eigenvalue weighted by atomic mass is 32.1. The number of hydrogen-bond donors (Lipinski definition) is 2. The van der Waals surface area contributed by atoms with Crippen molar-refractivity contribution in [2.45, 2.75) is 26.2 Å². The standard InChI is InChI=1S/C16H24N4O2S/c1-16(2,3)14-19-15(23-20-14)18-7-6-17-11-8-12(21-4)10-13(9-11)22-5/h8-10,17H,6-7H2,1-5H3,(H,18,19,20). The van der Waals surface area contributed by atoms with Crippen LogP contribution < -0.4 is 20.1 Å². The molecule has 0 bridgehead atoms. The van der Waals surface area contributed by atoms with Gasteiger partial charge < -0.3 is 20.1 Å². The van der Waals surface area contributed by atoms with Crippen LogP contribution in [0.2, 0.25) is 0 Å². The van der Waals surface area contributed by atoms with Gasteiger partial charge >= 0.3 is 0 Å². The van der Waals surface area contributed by atoms with E-state index in [1.54, 1.807) is 14.2 Å². The summed E-state index contributed by atoms with van der Waals surface area (Å²) in [5, 5.41) is 7.47. The zero-order valence-corrected chi connectivity index (χ0v) is 15.1. The topological polar surface area (TPSA) is 68.3 Å². The van der Waals surface area contributed by atoms with Crippen LogP contribution in [0.15, 0.2) is 18.2 Å². The van der Waals surface area contributed by atoms with E-state index in [0.29, 0.717) is 0 Å². The summed E-state index contributed by atoms with van der Waals surface area (Å²) < 4.78 is 14.9. The highest BCUT2D eigenvalue weighted by Gasteiger charge is 2.19. The summed E-state index contributed by atoms with van der Waals surface area (Å²) in [6.45, 7) is 7.82. The fourth-order valence-corrected chi connectivity index (χ4v) is 2.67. The molecule has 0 atom stereocenters. The number of aromatic nitrogens is 2. The average molecular weight is 336 g/mol. The van der Waals surface area contributed by atoms with Crippen molar-refractivity contribution in [1.29, 1.82) is 0 Å². The van der Waals surface area contributed by atoms with E-state index in [4.69, 9.17) is 9.47 Å². The summed E-state index contributed by atoms with van der Waals surface area (Å²) in [6.07, 6.45) is 0. The predicted molar refractivity (Wildman–Crippen MR) is 95.1 cm³/mol. The molecule has 0 amide bonds. The van der Waals surface area contributed by atoms with Gasteiger partial charge in [-0.3, -0.25) is 0 Å². The van der Waals surface area contributed by atoms with Crippen LogP contribution in [0.25, 0.3) is 0 Å². The van der Waals surface area contributed by atoms with Crippen molar-refractivity contribution in [1.82, 2.24) is 9.36 Å². The van der Waals surface area contributed by atoms with E-state index >= 15 is 0 Å². The first kappa shape index (κ1) is 17.3. The van der Waals surface area contributed by atoms with Crippen LogP contribution in [0.1, 0.15) is 26.6 Å². The number of anilines is 2. The third-order valence-corrected chi connectivity index (χ3v) is 3.85. The minimum absolute atomic E-state index is 0.0220. The minimum atomic E-state index is -0.0220. The van der Waals surface area contributed by atoms with Crippen LogP contribution in [0, 0.1) is 0 Å². The number of nitrogens with zero attached hydrogens (tertiary/aromatic N) is 2. The number of rotatable bonds is 7. The van der Waals surface area contributed by atoms with Gasteiger partial charge in [-0.2, -0.15) is 4.37 Å². The second-order valence-corrected chi connectivity index (χ2v) is 6.88. The Balaban J connectivity index is 1.84. The van der Waals surface area contributed by atoms with Gasteiger partial charge in [-0.05, 0) is 0 Å². The quantitative estimate of drug-likeness (QED) is 0.756. The Kier molecular flexibility index (Phi) is 5.65. The number of nitrogens with one attached hydrogen (secondary N) is 2. The molecule has 1 aromatic carbocycles. The summed E-state index contributed by atoms with van der Waals surface area (Å²) >= 11 is 1.39. The number of ether oxygens (including phenoxy) is 2. The molecule has 126 valence electrons. The summed E-state index contributed by atoms with van der Waals surface area (Å²) in [5.41, 5.74) is 0.932. The summed E-state index contributed by atoms with van der Waals surface area (Å²) in [4.78, 5) is 4.51. The van der Waals surface area contributed by atoms with Gasteiger partial charge in [-0.1, -0.05) is 20.8 Å². The Morgan fingerprint density at radius 2 is 1.61 bits per heavy atom. The van der Waals surface area contributed by atoms with E-state index in [-0.39, 0.29) is 5.41 Å².